The highest BCUT2D eigenvalue weighted by Crippen LogP contribution is 2.23. The van der Waals surface area contributed by atoms with Crippen LogP contribution in [0, 0.1) is 5.92 Å². The molecule has 1 aromatic rings. The summed E-state index contributed by atoms with van der Waals surface area (Å²) in [5.74, 6) is -0.419. The van der Waals surface area contributed by atoms with E-state index in [9.17, 15) is 13.2 Å². The van der Waals surface area contributed by atoms with E-state index in [-0.39, 0.29) is 36.5 Å². The van der Waals surface area contributed by atoms with Gasteiger partial charge in [0.15, 0.2) is 0 Å². The van der Waals surface area contributed by atoms with Crippen molar-refractivity contribution in [1.82, 2.24) is 9.97 Å². The minimum Gasteiger partial charge on any atom is -0.280 e. The summed E-state index contributed by atoms with van der Waals surface area (Å²) in [6.07, 6.45) is 3.21. The Balaban J connectivity index is 2.12. The van der Waals surface area contributed by atoms with Crippen LogP contribution in [-0.4, -0.2) is 36.6 Å². The number of halogens is 1. The Morgan fingerprint density at radius 3 is 2.61 bits per heavy atom. The summed E-state index contributed by atoms with van der Waals surface area (Å²) in [7, 11) is -3.57. The molecular weight excluding hydrogens is 324 g/mol. The number of nitrogens with zero attached hydrogens (tertiary/aromatic N) is 3. The molecule has 2 rings (SSSR count). The van der Waals surface area contributed by atoms with E-state index in [2.05, 4.69) is 25.9 Å². The van der Waals surface area contributed by atoms with E-state index >= 15 is 0 Å². The Hall–Kier alpha value is -1.06. The molecule has 2 N–H and O–H groups in total. The molecule has 18 heavy (non-hydrogen) atoms. The number of hydrogen-bond acceptors (Lipinski definition) is 5. The maximum atomic E-state index is 11.8. The molecule has 7 nitrogen and oxygen atoms in total. The fourth-order valence-electron chi connectivity index (χ4n) is 1.86. The smallest absolute Gasteiger partial charge is 0.232 e. The number of amides is 1. The van der Waals surface area contributed by atoms with Crippen molar-refractivity contribution in [3.05, 3.63) is 16.9 Å². The number of aromatic nitrogens is 2. The zero-order valence-corrected chi connectivity index (χ0v) is 11.7. The Morgan fingerprint density at radius 1 is 1.44 bits per heavy atom. The van der Waals surface area contributed by atoms with Gasteiger partial charge in [-0.1, -0.05) is 0 Å². The number of sulfonamides is 1. The summed E-state index contributed by atoms with van der Waals surface area (Å²) in [4.78, 5) is 21.1. The molecule has 0 bridgehead atoms. The van der Waals surface area contributed by atoms with Crippen LogP contribution in [0.15, 0.2) is 16.9 Å². The van der Waals surface area contributed by atoms with E-state index in [1.54, 1.807) is 0 Å². The van der Waals surface area contributed by atoms with E-state index in [1.165, 1.54) is 17.3 Å². The quantitative estimate of drug-likeness (QED) is 0.829. The van der Waals surface area contributed by atoms with Crippen molar-refractivity contribution in [3.8, 4) is 0 Å². The van der Waals surface area contributed by atoms with Gasteiger partial charge in [0.1, 0.15) is 0 Å². The van der Waals surface area contributed by atoms with Crippen LogP contribution in [0.25, 0.3) is 0 Å². The minimum absolute atomic E-state index is 0.149. The lowest BCUT2D eigenvalue weighted by molar-refractivity contribution is -0.117. The summed E-state index contributed by atoms with van der Waals surface area (Å²) in [5.41, 5.74) is 0. The summed E-state index contributed by atoms with van der Waals surface area (Å²) in [5, 5.41) is 4.97. The lowest BCUT2D eigenvalue weighted by Gasteiger charge is -2.13. The lowest BCUT2D eigenvalue weighted by Crippen LogP contribution is -2.28. The summed E-state index contributed by atoms with van der Waals surface area (Å²) < 4.78 is 22.7. The molecule has 1 aliphatic heterocycles. The topological polar surface area (TPSA) is 106 Å². The summed E-state index contributed by atoms with van der Waals surface area (Å²) in [6, 6.07) is 0. The van der Waals surface area contributed by atoms with Crippen LogP contribution in [0.3, 0.4) is 0 Å². The standard InChI is InChI=1S/C9H11BrN4O3S/c10-7-2-12-9(13-3-7)14-4-6(1-8(14)15)5-18(11,16)17/h2-3,6H,1,4-5H2,(H2,11,16,17). The third-order valence-electron chi connectivity index (χ3n) is 2.52. The van der Waals surface area contributed by atoms with Crippen molar-refractivity contribution in [2.24, 2.45) is 11.1 Å². The Morgan fingerprint density at radius 2 is 2.06 bits per heavy atom. The van der Waals surface area contributed by atoms with Crippen molar-refractivity contribution >= 4 is 37.8 Å². The van der Waals surface area contributed by atoms with Gasteiger partial charge >= 0.3 is 0 Å². The molecule has 0 spiro atoms. The average Bonchev–Trinajstić information content (AvgIpc) is 2.58. The van der Waals surface area contributed by atoms with E-state index in [0.717, 1.165) is 0 Å². The zero-order chi connectivity index (χ0) is 13.3. The number of carbonyl (C=O) groups excluding carboxylic acids is 1. The normalized spacial score (nSPS) is 20.4. The second-order valence-corrected chi connectivity index (χ2v) is 6.68. The molecule has 0 radical (unpaired) electrons. The summed E-state index contributed by atoms with van der Waals surface area (Å²) in [6.45, 7) is 0.275. The largest absolute Gasteiger partial charge is 0.280 e. The molecule has 1 atom stereocenters. The fraction of sp³-hybridized carbons (Fsp3) is 0.444. The molecule has 1 aromatic heterocycles. The van der Waals surface area contributed by atoms with Gasteiger partial charge in [-0.2, -0.15) is 0 Å². The maximum absolute atomic E-state index is 11.8. The molecule has 98 valence electrons. The van der Waals surface area contributed by atoms with Gasteiger partial charge in [-0.15, -0.1) is 0 Å². The molecular formula is C9H11BrN4O3S. The molecule has 1 amide bonds. The van der Waals surface area contributed by atoms with Gasteiger partial charge in [0, 0.05) is 31.3 Å². The van der Waals surface area contributed by atoms with Crippen LogP contribution < -0.4 is 10.0 Å². The first-order valence-corrected chi connectivity index (χ1v) is 7.64. The Labute approximate surface area is 113 Å². The first-order valence-electron chi connectivity index (χ1n) is 5.13. The number of anilines is 1. The second-order valence-electron chi connectivity index (χ2n) is 4.11. The van der Waals surface area contributed by atoms with Crippen molar-refractivity contribution < 1.29 is 13.2 Å². The second kappa shape index (κ2) is 4.90. The monoisotopic (exact) mass is 334 g/mol. The van der Waals surface area contributed by atoms with E-state index in [0.29, 0.717) is 4.47 Å². The van der Waals surface area contributed by atoms with Gasteiger partial charge < -0.3 is 0 Å². The number of rotatable bonds is 3. The van der Waals surface area contributed by atoms with Crippen LogP contribution in [0.5, 0.6) is 0 Å². The molecule has 1 saturated heterocycles. The molecule has 1 unspecified atom stereocenters. The fourth-order valence-corrected chi connectivity index (χ4v) is 2.94. The van der Waals surface area contributed by atoms with Crippen LogP contribution in [0.4, 0.5) is 5.95 Å². The molecule has 0 saturated carbocycles. The average molecular weight is 335 g/mol. The number of carbonyl (C=O) groups is 1. The predicted octanol–water partition coefficient (Wildman–Crippen LogP) is -0.119. The third kappa shape index (κ3) is 3.24. The van der Waals surface area contributed by atoms with E-state index in [1.807, 2.05) is 0 Å². The minimum atomic E-state index is -3.57. The molecule has 1 aliphatic rings. The van der Waals surface area contributed by atoms with Crippen LogP contribution in [0.2, 0.25) is 0 Å². The Kier molecular flexibility index (Phi) is 3.64. The van der Waals surface area contributed by atoms with Crippen molar-refractivity contribution in [2.45, 2.75) is 6.42 Å². The predicted molar refractivity (Wildman–Crippen MR) is 68.2 cm³/mol. The van der Waals surface area contributed by atoms with Crippen molar-refractivity contribution in [3.63, 3.8) is 0 Å². The van der Waals surface area contributed by atoms with Crippen LogP contribution in [0.1, 0.15) is 6.42 Å². The van der Waals surface area contributed by atoms with Gasteiger partial charge in [0.25, 0.3) is 0 Å². The summed E-state index contributed by atoms with van der Waals surface area (Å²) >= 11 is 3.20. The first-order chi connectivity index (χ1) is 8.35. The molecule has 1 fully saturated rings. The van der Waals surface area contributed by atoms with Crippen LogP contribution >= 0.6 is 15.9 Å². The first kappa shape index (κ1) is 13.4. The Bertz CT molecular complexity index is 560. The van der Waals surface area contributed by atoms with Crippen molar-refractivity contribution in [1.29, 1.82) is 0 Å². The highest BCUT2D eigenvalue weighted by atomic mass is 79.9. The third-order valence-corrected chi connectivity index (χ3v) is 3.87. The molecule has 0 aliphatic carbocycles. The van der Waals surface area contributed by atoms with Gasteiger partial charge in [-0.3, -0.25) is 9.69 Å². The van der Waals surface area contributed by atoms with E-state index < -0.39 is 10.0 Å². The van der Waals surface area contributed by atoms with Gasteiger partial charge in [-0.25, -0.2) is 23.5 Å². The molecule has 0 aromatic carbocycles. The zero-order valence-electron chi connectivity index (χ0n) is 9.28. The highest BCUT2D eigenvalue weighted by Gasteiger charge is 2.34. The van der Waals surface area contributed by atoms with Crippen LogP contribution in [-0.2, 0) is 14.8 Å². The van der Waals surface area contributed by atoms with Gasteiger partial charge in [-0.05, 0) is 15.9 Å². The SMILES string of the molecule is NS(=O)(=O)CC1CC(=O)N(c2ncc(Br)cn2)C1. The van der Waals surface area contributed by atoms with Gasteiger partial charge in [0.05, 0.1) is 10.2 Å². The highest BCUT2D eigenvalue weighted by molar-refractivity contribution is 9.10. The molecule has 2 heterocycles. The van der Waals surface area contributed by atoms with Gasteiger partial charge in [0.2, 0.25) is 21.9 Å². The number of nitrogens with two attached hydrogens (primary N) is 1. The molecule has 9 heteroatoms. The number of primary sulfonamides is 1. The lowest BCUT2D eigenvalue weighted by atomic mass is 10.1. The van der Waals surface area contributed by atoms with Crippen molar-refractivity contribution in [2.75, 3.05) is 17.2 Å². The maximum Gasteiger partial charge on any atom is 0.232 e. The van der Waals surface area contributed by atoms with E-state index in [4.69, 9.17) is 5.14 Å². The number of hydrogen-bond donors (Lipinski definition) is 1.